The second kappa shape index (κ2) is 22.3. The first-order valence-electron chi connectivity index (χ1n) is 10.3. The van der Waals surface area contributed by atoms with Crippen molar-refractivity contribution in [3.63, 3.8) is 0 Å². The van der Waals surface area contributed by atoms with Crippen molar-refractivity contribution in [2.45, 2.75) is 53.9 Å². The van der Waals surface area contributed by atoms with E-state index >= 15 is 0 Å². The van der Waals surface area contributed by atoms with E-state index in [4.69, 9.17) is 19.2 Å². The Balaban J connectivity index is -0.000000239. The van der Waals surface area contributed by atoms with Crippen molar-refractivity contribution >= 4 is 26.8 Å². The van der Waals surface area contributed by atoms with E-state index in [1.807, 2.05) is 27.0 Å². The molecule has 2 heterocycles. The predicted molar refractivity (Wildman–Crippen MR) is 133 cm³/mol. The molecule has 0 bridgehead atoms. The Morgan fingerprint density at radius 2 is 1.38 bits per heavy atom. The average Bonchev–Trinajstić information content (AvgIpc) is 3.28. The number of carbonyl (C=O) groups excluding carboxylic acids is 4. The van der Waals surface area contributed by atoms with Crippen molar-refractivity contribution in [1.29, 1.82) is 0 Å². The van der Waals surface area contributed by atoms with Crippen LogP contribution in [0.1, 0.15) is 62.8 Å². The van der Waals surface area contributed by atoms with Gasteiger partial charge in [0.1, 0.15) is 0 Å². The molecule has 0 spiro atoms. The van der Waals surface area contributed by atoms with Crippen LogP contribution in [0.25, 0.3) is 6.08 Å². The van der Waals surface area contributed by atoms with E-state index in [1.54, 1.807) is 22.5 Å². The van der Waals surface area contributed by atoms with Crippen LogP contribution in [0, 0.1) is 40.0 Å². The first kappa shape index (κ1) is 40.0. The standard InChI is InChI=1S/C12H21N3O2.C7H9N3O2.2CO2.CH4.B/c1-5-10(6-2)11(8-15(16)17)12-7-9(3)14(4)13-12;1-6-5-7(8-9(6)2)3-4-10(11)12;2*2-1-3;;/h7,10-11H,5-6,8H2,1-4H3;3-5H,1-2H3;;;1H4;/b;4-3+;;;;/t11-;;;;;/m1...../s1. The van der Waals surface area contributed by atoms with Gasteiger partial charge in [-0.1, -0.05) is 34.1 Å². The van der Waals surface area contributed by atoms with Crippen LogP contribution in [0.3, 0.4) is 0 Å². The van der Waals surface area contributed by atoms with E-state index in [1.165, 1.54) is 6.08 Å². The zero-order valence-corrected chi connectivity index (χ0v) is 21.1. The molecule has 14 nitrogen and oxygen atoms in total. The van der Waals surface area contributed by atoms with Gasteiger partial charge in [-0.2, -0.15) is 29.4 Å². The van der Waals surface area contributed by atoms with Crippen LogP contribution in [0.5, 0.6) is 0 Å². The maximum atomic E-state index is 10.8. The molecule has 3 radical (unpaired) electrons. The van der Waals surface area contributed by atoms with Crippen LogP contribution in [-0.2, 0) is 33.3 Å². The molecule has 0 N–H and O–H groups in total. The number of nitrogens with zero attached hydrogens (tertiary/aromatic N) is 6. The van der Waals surface area contributed by atoms with Crippen LogP contribution < -0.4 is 0 Å². The summed E-state index contributed by atoms with van der Waals surface area (Å²) in [5, 5.41) is 29.1. The molecule has 15 heteroatoms. The molecule has 2 aromatic rings. The lowest BCUT2D eigenvalue weighted by Gasteiger charge is -2.19. The maximum absolute atomic E-state index is 10.8. The number of aryl methyl sites for hydroxylation is 4. The minimum absolute atomic E-state index is 0. The smallest absolute Gasteiger partial charge is 0.273 e. The fourth-order valence-electron chi connectivity index (χ4n) is 3.08. The molecular formula is C22H34BN6O8. The molecule has 0 unspecified atom stereocenters. The first-order valence-corrected chi connectivity index (χ1v) is 10.3. The molecule has 0 saturated carbocycles. The van der Waals surface area contributed by atoms with Gasteiger partial charge < -0.3 is 0 Å². The number of hydrogen-bond acceptors (Lipinski definition) is 10. The molecule has 2 rings (SSSR count). The van der Waals surface area contributed by atoms with E-state index in [2.05, 4.69) is 24.0 Å². The van der Waals surface area contributed by atoms with Gasteiger partial charge in [0.05, 0.1) is 22.2 Å². The second-order valence-corrected chi connectivity index (χ2v) is 7.13. The summed E-state index contributed by atoms with van der Waals surface area (Å²) in [5.74, 6) is 0.259. The van der Waals surface area contributed by atoms with Gasteiger partial charge in [-0.25, -0.2) is 0 Å². The SMILES string of the molecule is C.CCC(CC)[C@@H](C[N+](=O)[O-])c1cc(C)n(C)n1.Cc1cc(/C=C/[N+](=O)[O-])nn1C.O=C=O.O=C=O.[B]. The molecule has 0 aliphatic rings. The van der Waals surface area contributed by atoms with E-state index in [-0.39, 0.29) is 45.5 Å². The second-order valence-electron chi connectivity index (χ2n) is 7.13. The Morgan fingerprint density at radius 1 is 0.946 bits per heavy atom. The zero-order valence-electron chi connectivity index (χ0n) is 21.1. The summed E-state index contributed by atoms with van der Waals surface area (Å²) in [6.45, 7) is 7.99. The van der Waals surface area contributed by atoms with Crippen LogP contribution in [0.15, 0.2) is 18.3 Å². The van der Waals surface area contributed by atoms with Gasteiger partial charge in [0.25, 0.3) is 0 Å². The number of aromatic nitrogens is 4. The molecule has 0 fully saturated rings. The molecular weight excluding hydrogens is 487 g/mol. The van der Waals surface area contributed by atoms with Crippen molar-refractivity contribution in [2.75, 3.05) is 6.54 Å². The number of rotatable bonds is 8. The maximum Gasteiger partial charge on any atom is 0.373 e. The van der Waals surface area contributed by atoms with Crippen LogP contribution in [0.2, 0.25) is 0 Å². The fraction of sp³-hybridized carbons (Fsp3) is 0.545. The van der Waals surface area contributed by atoms with Gasteiger partial charge in [-0.05, 0) is 31.9 Å². The Hall–Kier alpha value is -4.22. The van der Waals surface area contributed by atoms with Crippen molar-refractivity contribution < 1.29 is 29.0 Å². The van der Waals surface area contributed by atoms with Crippen molar-refractivity contribution in [2.24, 2.45) is 20.0 Å². The molecule has 0 saturated heterocycles. The molecule has 2 aromatic heterocycles. The number of nitro groups is 2. The van der Waals surface area contributed by atoms with Gasteiger partial charge in [0.15, 0.2) is 0 Å². The molecule has 0 aliphatic carbocycles. The first-order chi connectivity index (χ1) is 16.4. The van der Waals surface area contributed by atoms with Crippen LogP contribution in [-0.4, -0.2) is 56.7 Å². The van der Waals surface area contributed by atoms with Crippen molar-refractivity contribution in [3.8, 4) is 0 Å². The summed E-state index contributed by atoms with van der Waals surface area (Å²) >= 11 is 0. The predicted octanol–water partition coefficient (Wildman–Crippen LogP) is 2.59. The Morgan fingerprint density at radius 3 is 1.68 bits per heavy atom. The average molecular weight is 521 g/mol. The summed E-state index contributed by atoms with van der Waals surface area (Å²) in [4.78, 5) is 52.5. The third kappa shape index (κ3) is 17.0. The summed E-state index contributed by atoms with van der Waals surface area (Å²) in [6.07, 6.45) is 4.64. The molecule has 0 aliphatic heterocycles. The number of hydrogen-bond donors (Lipinski definition) is 0. The zero-order chi connectivity index (χ0) is 27.6. The summed E-state index contributed by atoms with van der Waals surface area (Å²) in [7, 11) is 3.66. The lowest BCUT2D eigenvalue weighted by atomic mass is 9.85. The monoisotopic (exact) mass is 521 g/mol. The van der Waals surface area contributed by atoms with Crippen LogP contribution >= 0.6 is 0 Å². The fourth-order valence-corrected chi connectivity index (χ4v) is 3.08. The van der Waals surface area contributed by atoms with E-state index in [9.17, 15) is 20.2 Å². The molecule has 1 atom stereocenters. The lowest BCUT2D eigenvalue weighted by molar-refractivity contribution is -0.485. The van der Waals surface area contributed by atoms with Gasteiger partial charge >= 0.3 is 12.3 Å². The van der Waals surface area contributed by atoms with Gasteiger partial charge in [0.2, 0.25) is 12.7 Å². The van der Waals surface area contributed by atoms with E-state index < -0.39 is 4.92 Å². The third-order valence-electron chi connectivity index (χ3n) is 4.98. The van der Waals surface area contributed by atoms with Gasteiger partial charge in [0, 0.05) is 44.9 Å². The minimum Gasteiger partial charge on any atom is -0.273 e. The third-order valence-corrected chi connectivity index (χ3v) is 4.98. The topological polar surface area (TPSA) is 190 Å². The Kier molecular flexibility index (Phi) is 24.1. The molecule has 203 valence electrons. The summed E-state index contributed by atoms with van der Waals surface area (Å²) in [6, 6.07) is 3.74. The highest BCUT2D eigenvalue weighted by atomic mass is 16.6. The highest BCUT2D eigenvalue weighted by Crippen LogP contribution is 2.29. The highest BCUT2D eigenvalue weighted by Gasteiger charge is 2.27. The van der Waals surface area contributed by atoms with Crippen molar-refractivity contribution in [1.82, 2.24) is 19.6 Å². The largest absolute Gasteiger partial charge is 0.373 e. The van der Waals surface area contributed by atoms with E-state index in [0.29, 0.717) is 11.6 Å². The highest BCUT2D eigenvalue weighted by molar-refractivity contribution is 5.75. The van der Waals surface area contributed by atoms with E-state index in [0.717, 1.165) is 36.1 Å². The molecule has 0 amide bonds. The van der Waals surface area contributed by atoms with Gasteiger partial charge in [-0.15, -0.1) is 0 Å². The normalized spacial score (nSPS) is 9.92. The molecule has 37 heavy (non-hydrogen) atoms. The van der Waals surface area contributed by atoms with Crippen molar-refractivity contribution in [3.05, 3.63) is 61.3 Å². The Bertz CT molecular complexity index is 983. The molecule has 0 aromatic carbocycles. The lowest BCUT2D eigenvalue weighted by Crippen LogP contribution is -2.21. The van der Waals surface area contributed by atoms with Crippen LogP contribution in [0.4, 0.5) is 0 Å². The minimum atomic E-state index is -0.510. The summed E-state index contributed by atoms with van der Waals surface area (Å²) < 4.78 is 3.45. The quantitative estimate of drug-likeness (QED) is 0.283. The van der Waals surface area contributed by atoms with Gasteiger partial charge in [-0.3, -0.25) is 29.6 Å². The Labute approximate surface area is 217 Å². The summed E-state index contributed by atoms with van der Waals surface area (Å²) in [5.41, 5.74) is 3.47.